The summed E-state index contributed by atoms with van der Waals surface area (Å²) in [5.74, 6) is 0.0962. The van der Waals surface area contributed by atoms with Crippen LogP contribution in [0, 0.1) is 5.92 Å². The van der Waals surface area contributed by atoms with Gasteiger partial charge in [-0.25, -0.2) is 9.78 Å². The Hall–Kier alpha value is -1.58. The van der Waals surface area contributed by atoms with Crippen LogP contribution in [0.4, 0.5) is 0 Å². The summed E-state index contributed by atoms with van der Waals surface area (Å²) >= 11 is 0. The van der Waals surface area contributed by atoms with Crippen molar-refractivity contribution in [2.75, 3.05) is 0 Å². The summed E-state index contributed by atoms with van der Waals surface area (Å²) in [5.41, 5.74) is 1.03. The number of hydrogen-bond donors (Lipinski definition) is 1. The van der Waals surface area contributed by atoms with E-state index >= 15 is 0 Å². The van der Waals surface area contributed by atoms with Gasteiger partial charge in [-0.3, -0.25) is 0 Å². The first kappa shape index (κ1) is 14.8. The summed E-state index contributed by atoms with van der Waals surface area (Å²) in [4.78, 5) is 15.6. The highest BCUT2D eigenvalue weighted by molar-refractivity contribution is 5.88. The van der Waals surface area contributed by atoms with E-state index in [-0.39, 0.29) is 11.7 Å². The molecule has 1 saturated carbocycles. The molecule has 0 spiro atoms. The molecule has 0 amide bonds. The lowest BCUT2D eigenvalue weighted by atomic mass is 9.85. The highest BCUT2D eigenvalue weighted by Gasteiger charge is 2.26. The Morgan fingerprint density at radius 1 is 1.35 bits per heavy atom. The average molecular weight is 277 g/mol. The van der Waals surface area contributed by atoms with Crippen molar-refractivity contribution in [2.45, 2.75) is 58.5 Å². The molecule has 2 atom stereocenters. The number of carbonyl (C=O) groups is 1. The SMILES string of the molecule is CCc1cc(C(=O)O)cc(OC2CCCCC2CC)n1. The van der Waals surface area contributed by atoms with Crippen LogP contribution in [0.1, 0.15) is 62.0 Å². The van der Waals surface area contributed by atoms with Crippen molar-refractivity contribution in [3.63, 3.8) is 0 Å². The number of pyridine rings is 1. The fraction of sp³-hybridized carbons (Fsp3) is 0.625. The van der Waals surface area contributed by atoms with Crippen LogP contribution in [-0.2, 0) is 6.42 Å². The highest BCUT2D eigenvalue weighted by atomic mass is 16.5. The Bertz CT molecular complexity index is 473. The molecule has 4 heteroatoms. The van der Waals surface area contributed by atoms with Crippen LogP contribution in [-0.4, -0.2) is 22.2 Å². The van der Waals surface area contributed by atoms with Gasteiger partial charge in [-0.15, -0.1) is 0 Å². The van der Waals surface area contributed by atoms with Crippen molar-refractivity contribution < 1.29 is 14.6 Å². The number of rotatable bonds is 5. The number of ether oxygens (including phenoxy) is 1. The van der Waals surface area contributed by atoms with Gasteiger partial charge in [-0.1, -0.05) is 20.3 Å². The zero-order chi connectivity index (χ0) is 14.5. The lowest BCUT2D eigenvalue weighted by Gasteiger charge is -2.30. The van der Waals surface area contributed by atoms with Crippen LogP contribution < -0.4 is 4.74 Å². The largest absolute Gasteiger partial charge is 0.478 e. The predicted octanol–water partition coefficient (Wildman–Crippen LogP) is 3.69. The number of aryl methyl sites for hydroxylation is 1. The first-order valence-corrected chi connectivity index (χ1v) is 7.55. The predicted molar refractivity (Wildman–Crippen MR) is 77.2 cm³/mol. The summed E-state index contributed by atoms with van der Waals surface area (Å²) in [6.45, 7) is 4.15. The lowest BCUT2D eigenvalue weighted by molar-refractivity contribution is 0.0690. The Balaban J connectivity index is 2.18. The molecule has 110 valence electrons. The second kappa shape index (κ2) is 6.73. The maximum Gasteiger partial charge on any atom is 0.335 e. The molecule has 1 N–H and O–H groups in total. The number of hydrogen-bond acceptors (Lipinski definition) is 3. The standard InChI is InChI=1S/C16H23NO3/c1-3-11-7-5-6-8-14(11)20-15-10-12(16(18)19)9-13(4-2)17-15/h9-11,14H,3-8H2,1-2H3,(H,18,19). The molecule has 1 fully saturated rings. The van der Waals surface area contributed by atoms with E-state index in [1.807, 2.05) is 6.92 Å². The van der Waals surface area contributed by atoms with Crippen molar-refractivity contribution in [2.24, 2.45) is 5.92 Å². The zero-order valence-electron chi connectivity index (χ0n) is 12.3. The molecule has 1 heterocycles. The molecule has 0 aromatic carbocycles. The maximum absolute atomic E-state index is 11.2. The second-order valence-corrected chi connectivity index (χ2v) is 5.45. The van der Waals surface area contributed by atoms with Gasteiger partial charge in [0.15, 0.2) is 0 Å². The van der Waals surface area contributed by atoms with Gasteiger partial charge in [-0.2, -0.15) is 0 Å². The summed E-state index contributed by atoms with van der Waals surface area (Å²) in [5, 5.41) is 9.15. The maximum atomic E-state index is 11.2. The fourth-order valence-electron chi connectivity index (χ4n) is 2.88. The average Bonchev–Trinajstić information content (AvgIpc) is 2.47. The van der Waals surface area contributed by atoms with Gasteiger partial charge in [0.2, 0.25) is 5.88 Å². The van der Waals surface area contributed by atoms with Crippen molar-refractivity contribution >= 4 is 5.97 Å². The van der Waals surface area contributed by atoms with Gasteiger partial charge >= 0.3 is 5.97 Å². The van der Waals surface area contributed by atoms with Gasteiger partial charge in [-0.05, 0) is 44.1 Å². The highest BCUT2D eigenvalue weighted by Crippen LogP contribution is 2.30. The zero-order valence-corrected chi connectivity index (χ0v) is 12.3. The van der Waals surface area contributed by atoms with Gasteiger partial charge < -0.3 is 9.84 Å². The Morgan fingerprint density at radius 3 is 2.75 bits per heavy atom. The van der Waals surface area contributed by atoms with E-state index in [1.54, 1.807) is 12.1 Å². The van der Waals surface area contributed by atoms with E-state index in [0.29, 0.717) is 18.2 Å². The summed E-state index contributed by atoms with van der Waals surface area (Å²) < 4.78 is 6.02. The first-order chi connectivity index (χ1) is 9.63. The molecule has 0 bridgehead atoms. The van der Waals surface area contributed by atoms with Crippen molar-refractivity contribution in [1.82, 2.24) is 4.98 Å². The van der Waals surface area contributed by atoms with Gasteiger partial charge in [0.05, 0.1) is 5.56 Å². The minimum Gasteiger partial charge on any atom is -0.478 e. The first-order valence-electron chi connectivity index (χ1n) is 7.55. The Morgan fingerprint density at radius 2 is 2.10 bits per heavy atom. The molecule has 1 aromatic rings. The third-order valence-corrected chi connectivity index (χ3v) is 4.10. The molecule has 4 nitrogen and oxygen atoms in total. The number of aromatic nitrogens is 1. The van der Waals surface area contributed by atoms with E-state index < -0.39 is 5.97 Å². The fourth-order valence-corrected chi connectivity index (χ4v) is 2.88. The third kappa shape index (κ3) is 3.50. The summed E-state index contributed by atoms with van der Waals surface area (Å²) in [7, 11) is 0. The molecular weight excluding hydrogens is 254 g/mol. The minimum atomic E-state index is -0.928. The van der Waals surface area contributed by atoms with Crippen molar-refractivity contribution in [3.8, 4) is 5.88 Å². The van der Waals surface area contributed by atoms with Crippen molar-refractivity contribution in [3.05, 3.63) is 23.4 Å². The third-order valence-electron chi connectivity index (χ3n) is 4.10. The van der Waals surface area contributed by atoms with E-state index in [0.717, 1.165) is 18.5 Å². The van der Waals surface area contributed by atoms with Gasteiger partial charge in [0, 0.05) is 11.8 Å². The minimum absolute atomic E-state index is 0.176. The van der Waals surface area contributed by atoms with E-state index in [1.165, 1.54) is 19.3 Å². The van der Waals surface area contributed by atoms with Crippen LogP contribution in [0.3, 0.4) is 0 Å². The molecule has 1 aromatic heterocycles. The molecule has 2 rings (SSSR count). The van der Waals surface area contributed by atoms with Crippen LogP contribution in [0.15, 0.2) is 12.1 Å². The van der Waals surface area contributed by atoms with E-state index in [9.17, 15) is 4.79 Å². The van der Waals surface area contributed by atoms with Crippen molar-refractivity contribution in [1.29, 1.82) is 0 Å². The normalized spacial score (nSPS) is 22.5. The quantitative estimate of drug-likeness (QED) is 0.891. The topological polar surface area (TPSA) is 59.4 Å². The van der Waals surface area contributed by atoms with Crippen LogP contribution >= 0.6 is 0 Å². The molecule has 1 aliphatic carbocycles. The Kier molecular flexibility index (Phi) is 4.99. The lowest BCUT2D eigenvalue weighted by Crippen LogP contribution is -2.30. The van der Waals surface area contributed by atoms with E-state index in [4.69, 9.17) is 9.84 Å². The van der Waals surface area contributed by atoms with Gasteiger partial charge in [0.1, 0.15) is 6.10 Å². The number of nitrogens with zero attached hydrogens (tertiary/aromatic N) is 1. The molecule has 20 heavy (non-hydrogen) atoms. The number of aromatic carboxylic acids is 1. The van der Waals surface area contributed by atoms with Crippen LogP contribution in [0.2, 0.25) is 0 Å². The monoisotopic (exact) mass is 277 g/mol. The van der Waals surface area contributed by atoms with Crippen LogP contribution in [0.25, 0.3) is 0 Å². The molecule has 1 aliphatic rings. The number of carboxylic acids is 1. The van der Waals surface area contributed by atoms with E-state index in [2.05, 4.69) is 11.9 Å². The molecule has 2 unspecified atom stereocenters. The Labute approximate surface area is 120 Å². The molecule has 0 saturated heterocycles. The number of carboxylic acid groups (broad SMARTS) is 1. The van der Waals surface area contributed by atoms with Gasteiger partial charge in [0.25, 0.3) is 0 Å². The molecule has 0 aliphatic heterocycles. The summed E-state index contributed by atoms with van der Waals surface area (Å²) in [6, 6.07) is 3.16. The summed E-state index contributed by atoms with van der Waals surface area (Å²) in [6.07, 6.45) is 6.67. The molecular formula is C16H23NO3. The molecule has 0 radical (unpaired) electrons. The second-order valence-electron chi connectivity index (χ2n) is 5.45. The van der Waals surface area contributed by atoms with Crippen LogP contribution in [0.5, 0.6) is 5.88 Å². The smallest absolute Gasteiger partial charge is 0.335 e.